The van der Waals surface area contributed by atoms with E-state index in [2.05, 4.69) is 26.1 Å². The Balaban J connectivity index is 2.26. The quantitative estimate of drug-likeness (QED) is 0.608. The smallest absolute Gasteiger partial charge is 0.261 e. The van der Waals surface area contributed by atoms with Crippen molar-refractivity contribution >= 4 is 23.4 Å². The lowest BCUT2D eigenvalue weighted by Crippen LogP contribution is -2.53. The van der Waals surface area contributed by atoms with E-state index >= 15 is 0 Å². The Labute approximate surface area is 197 Å². The maximum Gasteiger partial charge on any atom is 0.261 e. The number of rotatable bonds is 7. The van der Waals surface area contributed by atoms with Crippen molar-refractivity contribution in [2.24, 2.45) is 0 Å². The van der Waals surface area contributed by atoms with Gasteiger partial charge in [-0.05, 0) is 56.4 Å². The van der Waals surface area contributed by atoms with Crippen LogP contribution < -0.4 is 10.1 Å². The van der Waals surface area contributed by atoms with Gasteiger partial charge in [-0.1, -0.05) is 68.8 Å². The van der Waals surface area contributed by atoms with E-state index in [-0.39, 0.29) is 30.4 Å². The summed E-state index contributed by atoms with van der Waals surface area (Å²) in [6.07, 6.45) is 0. The molecule has 0 bridgehead atoms. The fourth-order valence-electron chi connectivity index (χ4n) is 3.30. The van der Waals surface area contributed by atoms with Crippen molar-refractivity contribution in [2.75, 3.05) is 6.61 Å². The molecule has 32 heavy (non-hydrogen) atoms. The predicted octanol–water partition coefficient (Wildman–Crippen LogP) is 5.35. The predicted molar refractivity (Wildman–Crippen MR) is 130 cm³/mol. The van der Waals surface area contributed by atoms with Crippen LogP contribution in [0.4, 0.5) is 0 Å². The van der Waals surface area contributed by atoms with Gasteiger partial charge in [0.1, 0.15) is 11.8 Å². The van der Waals surface area contributed by atoms with Crippen LogP contribution in [0.25, 0.3) is 0 Å². The van der Waals surface area contributed by atoms with Crippen LogP contribution in [0.3, 0.4) is 0 Å². The third kappa shape index (κ3) is 7.27. The Morgan fingerprint density at radius 1 is 1.00 bits per heavy atom. The molecule has 0 radical (unpaired) electrons. The Bertz CT molecular complexity index is 945. The van der Waals surface area contributed by atoms with Gasteiger partial charge < -0.3 is 15.0 Å². The minimum Gasteiger partial charge on any atom is -0.483 e. The van der Waals surface area contributed by atoms with E-state index in [0.717, 1.165) is 11.1 Å². The highest BCUT2D eigenvalue weighted by Crippen LogP contribution is 2.31. The van der Waals surface area contributed by atoms with Crippen LogP contribution in [0.1, 0.15) is 59.6 Å². The van der Waals surface area contributed by atoms with Gasteiger partial charge in [-0.3, -0.25) is 9.59 Å². The Morgan fingerprint density at radius 3 is 2.19 bits per heavy atom. The molecule has 0 saturated carbocycles. The van der Waals surface area contributed by atoms with E-state index in [4.69, 9.17) is 16.3 Å². The first kappa shape index (κ1) is 25.7. The topological polar surface area (TPSA) is 58.6 Å². The van der Waals surface area contributed by atoms with Gasteiger partial charge >= 0.3 is 0 Å². The number of hydrogen-bond acceptors (Lipinski definition) is 3. The van der Waals surface area contributed by atoms with Crippen molar-refractivity contribution in [3.63, 3.8) is 0 Å². The van der Waals surface area contributed by atoms with Gasteiger partial charge in [-0.15, -0.1) is 0 Å². The Hall–Kier alpha value is -2.53. The van der Waals surface area contributed by atoms with Gasteiger partial charge in [0.2, 0.25) is 5.91 Å². The second-order valence-corrected chi connectivity index (χ2v) is 10.5. The van der Waals surface area contributed by atoms with Crippen LogP contribution in [-0.4, -0.2) is 34.9 Å². The number of ether oxygens (including phenoxy) is 1. The van der Waals surface area contributed by atoms with Crippen molar-refractivity contribution in [1.29, 1.82) is 0 Å². The summed E-state index contributed by atoms with van der Waals surface area (Å²) in [6, 6.07) is 14.3. The second kappa shape index (κ2) is 10.4. The molecule has 0 aliphatic carbocycles. The number of halogens is 1. The van der Waals surface area contributed by atoms with Gasteiger partial charge in [-0.25, -0.2) is 0 Å². The van der Waals surface area contributed by atoms with Gasteiger partial charge in [0, 0.05) is 17.1 Å². The lowest BCUT2D eigenvalue weighted by Gasteiger charge is -2.32. The van der Waals surface area contributed by atoms with Crippen LogP contribution in [0.15, 0.2) is 48.5 Å². The minimum absolute atomic E-state index is 0.128. The van der Waals surface area contributed by atoms with Gasteiger partial charge in [-0.2, -0.15) is 0 Å². The highest BCUT2D eigenvalue weighted by molar-refractivity contribution is 6.31. The molecule has 1 atom stereocenters. The van der Waals surface area contributed by atoms with E-state index < -0.39 is 11.6 Å². The molecule has 0 saturated heterocycles. The first-order valence-electron chi connectivity index (χ1n) is 10.9. The summed E-state index contributed by atoms with van der Waals surface area (Å²) < 4.78 is 5.95. The highest BCUT2D eigenvalue weighted by Gasteiger charge is 2.29. The SMILES string of the molecule is C[C@@H](C(=O)NC(C)(C)C)N(Cc1ccccc1Cl)C(=O)COc1ccccc1C(C)(C)C. The molecule has 0 aliphatic heterocycles. The third-order valence-electron chi connectivity index (χ3n) is 5.01. The lowest BCUT2D eigenvalue weighted by atomic mass is 9.86. The molecule has 5 nitrogen and oxygen atoms in total. The minimum atomic E-state index is -0.695. The number of benzene rings is 2. The zero-order chi connectivity index (χ0) is 24.1. The van der Waals surface area contributed by atoms with Crippen molar-refractivity contribution in [3.05, 3.63) is 64.7 Å². The summed E-state index contributed by atoms with van der Waals surface area (Å²) in [4.78, 5) is 27.7. The first-order chi connectivity index (χ1) is 14.8. The number of amides is 2. The molecular weight excluding hydrogens is 424 g/mol. The van der Waals surface area contributed by atoms with E-state index in [1.165, 1.54) is 4.90 Å². The Kier molecular flexibility index (Phi) is 8.35. The van der Waals surface area contributed by atoms with Gasteiger partial charge in [0.05, 0.1) is 0 Å². The number of hydrogen-bond donors (Lipinski definition) is 1. The molecule has 0 aliphatic rings. The van der Waals surface area contributed by atoms with Crippen LogP contribution >= 0.6 is 11.6 Å². The highest BCUT2D eigenvalue weighted by atomic mass is 35.5. The molecule has 0 heterocycles. The van der Waals surface area contributed by atoms with Crippen molar-refractivity contribution in [3.8, 4) is 5.75 Å². The summed E-state index contributed by atoms with van der Waals surface area (Å²) in [6.45, 7) is 13.8. The van der Waals surface area contributed by atoms with Gasteiger partial charge in [0.25, 0.3) is 5.91 Å². The average molecular weight is 459 g/mol. The normalized spacial score (nSPS) is 12.8. The summed E-state index contributed by atoms with van der Waals surface area (Å²) >= 11 is 6.34. The number of carbonyl (C=O) groups is 2. The first-order valence-corrected chi connectivity index (χ1v) is 11.2. The molecule has 1 N–H and O–H groups in total. The van der Waals surface area contributed by atoms with Crippen LogP contribution in [0.2, 0.25) is 5.02 Å². The summed E-state index contributed by atoms with van der Waals surface area (Å²) in [5.74, 6) is 0.149. The van der Waals surface area contributed by atoms with E-state index in [9.17, 15) is 9.59 Å². The molecule has 174 valence electrons. The summed E-state index contributed by atoms with van der Waals surface area (Å²) in [7, 11) is 0. The molecular formula is C26H35ClN2O3. The molecule has 2 aromatic carbocycles. The van der Waals surface area contributed by atoms with Crippen molar-refractivity contribution in [1.82, 2.24) is 10.2 Å². The molecule has 2 amide bonds. The van der Waals surface area contributed by atoms with E-state index in [0.29, 0.717) is 10.8 Å². The zero-order valence-corrected chi connectivity index (χ0v) is 20.9. The van der Waals surface area contributed by atoms with Crippen molar-refractivity contribution < 1.29 is 14.3 Å². The summed E-state index contributed by atoms with van der Waals surface area (Å²) in [5, 5.41) is 3.50. The average Bonchev–Trinajstić information content (AvgIpc) is 2.69. The lowest BCUT2D eigenvalue weighted by molar-refractivity contribution is -0.142. The maximum atomic E-state index is 13.3. The van der Waals surface area contributed by atoms with Crippen LogP contribution in [0.5, 0.6) is 5.75 Å². The molecule has 0 unspecified atom stereocenters. The molecule has 2 rings (SSSR count). The molecule has 2 aromatic rings. The van der Waals surface area contributed by atoms with Crippen LogP contribution in [-0.2, 0) is 21.5 Å². The number of nitrogens with one attached hydrogen (secondary N) is 1. The number of nitrogens with zero attached hydrogens (tertiary/aromatic N) is 1. The third-order valence-corrected chi connectivity index (χ3v) is 5.38. The molecule has 0 fully saturated rings. The fourth-order valence-corrected chi connectivity index (χ4v) is 3.50. The Morgan fingerprint density at radius 2 is 1.59 bits per heavy atom. The van der Waals surface area contributed by atoms with E-state index in [1.807, 2.05) is 63.2 Å². The molecule has 6 heteroatoms. The summed E-state index contributed by atoms with van der Waals surface area (Å²) in [5.41, 5.74) is 1.25. The van der Waals surface area contributed by atoms with Gasteiger partial charge in [0.15, 0.2) is 6.61 Å². The number of para-hydroxylation sites is 1. The van der Waals surface area contributed by atoms with E-state index in [1.54, 1.807) is 13.0 Å². The molecule has 0 spiro atoms. The van der Waals surface area contributed by atoms with Crippen LogP contribution in [0, 0.1) is 0 Å². The molecule has 0 aromatic heterocycles. The largest absolute Gasteiger partial charge is 0.483 e. The zero-order valence-electron chi connectivity index (χ0n) is 20.2. The maximum absolute atomic E-state index is 13.3. The second-order valence-electron chi connectivity index (χ2n) is 10.1. The number of carbonyl (C=O) groups excluding carboxylic acids is 2. The monoisotopic (exact) mass is 458 g/mol. The fraction of sp³-hybridized carbons (Fsp3) is 0.462. The van der Waals surface area contributed by atoms with Crippen molar-refractivity contribution in [2.45, 2.75) is 72.0 Å². The standard InChI is InChI=1S/C26H35ClN2O3/c1-18(24(31)28-26(5,6)7)29(16-19-12-8-10-14-21(19)27)23(30)17-32-22-15-11-9-13-20(22)25(2,3)4/h8-15,18H,16-17H2,1-7H3,(H,28,31)/t18-/m0/s1.